The van der Waals surface area contributed by atoms with E-state index >= 15 is 0 Å². The first-order valence-electron chi connectivity index (χ1n) is 8.55. The van der Waals surface area contributed by atoms with E-state index in [9.17, 15) is 14.4 Å². The summed E-state index contributed by atoms with van der Waals surface area (Å²) in [6, 6.07) is 5.30. The van der Waals surface area contributed by atoms with Crippen LogP contribution in [0.5, 0.6) is 0 Å². The summed E-state index contributed by atoms with van der Waals surface area (Å²) >= 11 is 0. The third-order valence-corrected chi connectivity index (χ3v) is 5.45. The van der Waals surface area contributed by atoms with Crippen molar-refractivity contribution in [3.63, 3.8) is 0 Å². The van der Waals surface area contributed by atoms with E-state index in [1.807, 2.05) is 23.1 Å². The van der Waals surface area contributed by atoms with Gasteiger partial charge in [0.2, 0.25) is 11.8 Å². The smallest absolute Gasteiger partial charge is 0.251 e. The van der Waals surface area contributed by atoms with Crippen LogP contribution in [0.2, 0.25) is 0 Å². The molecule has 0 aliphatic carbocycles. The molecule has 0 radical (unpaired) electrons. The van der Waals surface area contributed by atoms with E-state index in [0.717, 1.165) is 30.4 Å². The molecular weight excluding hydrogens is 306 g/mol. The average Bonchev–Trinajstić information content (AvgIpc) is 3.07. The van der Waals surface area contributed by atoms with Crippen molar-refractivity contribution in [2.45, 2.75) is 38.3 Å². The van der Waals surface area contributed by atoms with E-state index in [1.54, 1.807) is 4.90 Å². The van der Waals surface area contributed by atoms with Crippen molar-refractivity contribution in [3.8, 4) is 0 Å². The molecule has 6 nitrogen and oxygen atoms in total. The van der Waals surface area contributed by atoms with E-state index in [4.69, 9.17) is 0 Å². The molecule has 3 aliphatic rings. The lowest BCUT2D eigenvalue weighted by molar-refractivity contribution is -0.144. The lowest BCUT2D eigenvalue weighted by Crippen LogP contribution is -2.54. The minimum atomic E-state index is -0.353. The van der Waals surface area contributed by atoms with Crippen LogP contribution in [0.15, 0.2) is 18.2 Å². The zero-order valence-electron chi connectivity index (χ0n) is 13.7. The summed E-state index contributed by atoms with van der Waals surface area (Å²) < 4.78 is 0. The molecule has 1 aromatic carbocycles. The van der Waals surface area contributed by atoms with Crippen molar-refractivity contribution >= 4 is 17.7 Å². The Morgan fingerprint density at radius 1 is 1.21 bits per heavy atom. The number of nitrogens with one attached hydrogen (secondary N) is 1. The summed E-state index contributed by atoms with van der Waals surface area (Å²) in [5, 5.41) is 2.90. The van der Waals surface area contributed by atoms with E-state index in [1.165, 1.54) is 6.92 Å². The Morgan fingerprint density at radius 3 is 2.83 bits per heavy atom. The second-order valence-corrected chi connectivity index (χ2v) is 6.76. The first-order chi connectivity index (χ1) is 11.6. The van der Waals surface area contributed by atoms with E-state index < -0.39 is 0 Å². The maximum Gasteiger partial charge on any atom is 0.251 e. The molecule has 0 aromatic heterocycles. The van der Waals surface area contributed by atoms with Crippen LogP contribution in [-0.4, -0.2) is 53.2 Å². The van der Waals surface area contributed by atoms with Crippen LogP contribution in [0.25, 0.3) is 0 Å². The largest absolute Gasteiger partial charge is 0.350 e. The number of rotatable bonds is 1. The predicted molar refractivity (Wildman–Crippen MR) is 87.3 cm³/mol. The number of hydrogen-bond acceptors (Lipinski definition) is 3. The standard InChI is InChI=1S/C18H21N3O3/c1-11(22)20-8-3-6-14(20)18(24)21-9-7-12-4-2-5-13-16(12)15(21)10-19-17(13)23/h2,4-5,14-15H,3,6-10H2,1H3,(H,19,23)/t14-,15?/m0/s1. The molecule has 3 heterocycles. The quantitative estimate of drug-likeness (QED) is 0.832. The Morgan fingerprint density at radius 2 is 2.04 bits per heavy atom. The molecule has 1 N–H and O–H groups in total. The van der Waals surface area contributed by atoms with E-state index in [2.05, 4.69) is 5.32 Å². The van der Waals surface area contributed by atoms with Crippen molar-refractivity contribution in [3.05, 3.63) is 34.9 Å². The maximum atomic E-state index is 13.1. The molecule has 0 bridgehead atoms. The zero-order valence-corrected chi connectivity index (χ0v) is 13.7. The number of amides is 3. The maximum absolute atomic E-state index is 13.1. The second kappa shape index (κ2) is 5.61. The highest BCUT2D eigenvalue weighted by atomic mass is 16.2. The highest BCUT2D eigenvalue weighted by Gasteiger charge is 2.42. The fourth-order valence-electron chi connectivity index (χ4n) is 4.33. The fraction of sp³-hybridized carbons (Fsp3) is 0.500. The molecule has 126 valence electrons. The van der Waals surface area contributed by atoms with Crippen LogP contribution in [-0.2, 0) is 16.0 Å². The minimum Gasteiger partial charge on any atom is -0.350 e. The SMILES string of the molecule is CC(=O)N1CCC[C@H]1C(=O)N1CCc2cccc3c2C1CNC3=O. The molecule has 24 heavy (non-hydrogen) atoms. The summed E-state index contributed by atoms with van der Waals surface area (Å²) in [5.74, 6) is -0.0891. The lowest BCUT2D eigenvalue weighted by Gasteiger charge is -2.42. The van der Waals surface area contributed by atoms with Gasteiger partial charge in [-0.3, -0.25) is 14.4 Å². The molecule has 4 rings (SSSR count). The molecule has 1 aromatic rings. The van der Waals surface area contributed by atoms with Crippen molar-refractivity contribution in [2.75, 3.05) is 19.6 Å². The normalized spacial score (nSPS) is 25.3. The monoisotopic (exact) mass is 327 g/mol. The Balaban J connectivity index is 1.67. The zero-order chi connectivity index (χ0) is 16.8. The Hall–Kier alpha value is -2.37. The van der Waals surface area contributed by atoms with E-state index in [0.29, 0.717) is 25.2 Å². The number of nitrogens with zero attached hydrogens (tertiary/aromatic N) is 2. The summed E-state index contributed by atoms with van der Waals surface area (Å²) in [5.41, 5.74) is 2.83. The Kier molecular flexibility index (Phi) is 3.55. The van der Waals surface area contributed by atoms with Gasteiger partial charge in [0.15, 0.2) is 0 Å². The van der Waals surface area contributed by atoms with Crippen LogP contribution >= 0.6 is 0 Å². The third-order valence-electron chi connectivity index (χ3n) is 5.45. The van der Waals surface area contributed by atoms with Gasteiger partial charge in [0.05, 0.1) is 6.04 Å². The Labute approximate surface area is 140 Å². The second-order valence-electron chi connectivity index (χ2n) is 6.76. The predicted octanol–water partition coefficient (Wildman–Crippen LogP) is 0.867. The number of hydrogen-bond donors (Lipinski definition) is 1. The van der Waals surface area contributed by atoms with Gasteiger partial charge in [-0.2, -0.15) is 0 Å². The summed E-state index contributed by atoms with van der Waals surface area (Å²) in [6.07, 6.45) is 2.35. The molecule has 0 saturated carbocycles. The summed E-state index contributed by atoms with van der Waals surface area (Å²) in [7, 11) is 0. The van der Waals surface area contributed by atoms with Gasteiger partial charge in [0.25, 0.3) is 5.91 Å². The molecule has 3 aliphatic heterocycles. The van der Waals surface area contributed by atoms with E-state index in [-0.39, 0.29) is 29.8 Å². The van der Waals surface area contributed by atoms with Crippen LogP contribution in [0.4, 0.5) is 0 Å². The van der Waals surface area contributed by atoms with Crippen LogP contribution in [0, 0.1) is 0 Å². The van der Waals surface area contributed by atoms with Gasteiger partial charge >= 0.3 is 0 Å². The number of benzene rings is 1. The number of carbonyl (C=O) groups is 3. The topological polar surface area (TPSA) is 69.7 Å². The summed E-state index contributed by atoms with van der Waals surface area (Å²) in [6.45, 7) is 3.26. The molecule has 2 atom stereocenters. The molecule has 1 unspecified atom stereocenters. The third kappa shape index (κ3) is 2.20. The van der Waals surface area contributed by atoms with Gasteiger partial charge in [-0.25, -0.2) is 0 Å². The lowest BCUT2D eigenvalue weighted by atomic mass is 9.85. The highest BCUT2D eigenvalue weighted by molar-refractivity contribution is 5.98. The first kappa shape index (κ1) is 15.2. The highest BCUT2D eigenvalue weighted by Crippen LogP contribution is 2.36. The number of carbonyl (C=O) groups excluding carboxylic acids is 3. The van der Waals surface area contributed by atoms with Crippen molar-refractivity contribution < 1.29 is 14.4 Å². The molecule has 3 amide bonds. The van der Waals surface area contributed by atoms with Crippen molar-refractivity contribution in [1.82, 2.24) is 15.1 Å². The Bertz CT molecular complexity index is 730. The molecule has 0 spiro atoms. The van der Waals surface area contributed by atoms with Crippen LogP contribution in [0.3, 0.4) is 0 Å². The van der Waals surface area contributed by atoms with Gasteiger partial charge < -0.3 is 15.1 Å². The molecule has 1 saturated heterocycles. The van der Waals surface area contributed by atoms with Crippen LogP contribution < -0.4 is 5.32 Å². The number of likely N-dealkylation sites (tertiary alicyclic amines) is 1. The van der Waals surface area contributed by atoms with Gasteiger partial charge in [-0.15, -0.1) is 0 Å². The van der Waals surface area contributed by atoms with Gasteiger partial charge in [0, 0.05) is 32.1 Å². The fourth-order valence-corrected chi connectivity index (χ4v) is 4.33. The molecule has 6 heteroatoms. The average molecular weight is 327 g/mol. The minimum absolute atomic E-state index is 0.0179. The van der Waals surface area contributed by atoms with Gasteiger partial charge in [-0.1, -0.05) is 12.1 Å². The van der Waals surface area contributed by atoms with Gasteiger partial charge in [-0.05, 0) is 36.5 Å². The van der Waals surface area contributed by atoms with Crippen LogP contribution in [0.1, 0.15) is 47.3 Å². The van der Waals surface area contributed by atoms with Crippen molar-refractivity contribution in [2.24, 2.45) is 0 Å². The first-order valence-corrected chi connectivity index (χ1v) is 8.55. The van der Waals surface area contributed by atoms with Crippen molar-refractivity contribution in [1.29, 1.82) is 0 Å². The molecular formula is C18H21N3O3. The summed E-state index contributed by atoms with van der Waals surface area (Å²) in [4.78, 5) is 40.6. The van der Waals surface area contributed by atoms with Gasteiger partial charge in [0.1, 0.15) is 6.04 Å². The molecule has 1 fully saturated rings.